The van der Waals surface area contributed by atoms with Gasteiger partial charge in [0, 0.05) is 17.0 Å². The van der Waals surface area contributed by atoms with Crippen LogP contribution in [-0.2, 0) is 6.42 Å². The first-order valence-corrected chi connectivity index (χ1v) is 7.18. The van der Waals surface area contributed by atoms with Crippen LogP contribution in [0.3, 0.4) is 0 Å². The van der Waals surface area contributed by atoms with Gasteiger partial charge >= 0.3 is 0 Å². The van der Waals surface area contributed by atoms with Crippen LogP contribution in [0.1, 0.15) is 41.9 Å². The average molecular weight is 261 g/mol. The summed E-state index contributed by atoms with van der Waals surface area (Å²) in [5, 5.41) is 12.3. The van der Waals surface area contributed by atoms with Gasteiger partial charge in [0.05, 0.1) is 6.10 Å². The highest BCUT2D eigenvalue weighted by atomic mass is 32.1. The van der Waals surface area contributed by atoms with Crippen molar-refractivity contribution < 1.29 is 5.11 Å². The lowest BCUT2D eigenvalue weighted by Crippen LogP contribution is -2.05. The zero-order valence-corrected chi connectivity index (χ0v) is 11.4. The van der Waals surface area contributed by atoms with Crippen LogP contribution in [0, 0.1) is 0 Å². The average Bonchev–Trinajstić information content (AvgIpc) is 2.85. The number of aliphatic hydroxyl groups excluding tert-OH is 1. The van der Waals surface area contributed by atoms with E-state index in [1.54, 1.807) is 11.3 Å². The van der Waals surface area contributed by atoms with E-state index in [0.717, 1.165) is 36.1 Å². The van der Waals surface area contributed by atoms with Crippen molar-refractivity contribution in [3.8, 4) is 0 Å². The number of nitrogen functional groups attached to an aromatic ring is 1. The van der Waals surface area contributed by atoms with E-state index >= 15 is 0 Å². The molecule has 0 saturated carbocycles. The predicted octanol–water partition coefficient (Wildman–Crippen LogP) is 3.75. The molecule has 0 aliphatic carbocycles. The minimum Gasteiger partial charge on any atom is -0.398 e. The van der Waals surface area contributed by atoms with E-state index in [4.69, 9.17) is 5.73 Å². The van der Waals surface area contributed by atoms with Gasteiger partial charge in [0.2, 0.25) is 0 Å². The molecule has 3 heteroatoms. The molecule has 0 radical (unpaired) electrons. The van der Waals surface area contributed by atoms with E-state index in [2.05, 4.69) is 18.4 Å². The minimum absolute atomic E-state index is 0.409. The molecule has 0 fully saturated rings. The van der Waals surface area contributed by atoms with Gasteiger partial charge in [0.25, 0.3) is 0 Å². The highest BCUT2D eigenvalue weighted by Gasteiger charge is 2.14. The molecule has 1 unspecified atom stereocenters. The largest absolute Gasteiger partial charge is 0.398 e. The maximum atomic E-state index is 10.2. The van der Waals surface area contributed by atoms with Crippen molar-refractivity contribution in [1.29, 1.82) is 0 Å². The van der Waals surface area contributed by atoms with Gasteiger partial charge in [-0.15, -0.1) is 11.3 Å². The van der Waals surface area contributed by atoms with Crippen LogP contribution in [0.4, 0.5) is 5.69 Å². The van der Waals surface area contributed by atoms with Crippen molar-refractivity contribution in [1.82, 2.24) is 0 Å². The fourth-order valence-electron chi connectivity index (χ4n) is 2.16. The Labute approximate surface area is 112 Å². The highest BCUT2D eigenvalue weighted by molar-refractivity contribution is 7.09. The summed E-state index contributed by atoms with van der Waals surface area (Å²) in [6.07, 6.45) is 2.14. The fraction of sp³-hybridized carbons (Fsp3) is 0.333. The molecular formula is C15H19NOS. The molecule has 1 aromatic carbocycles. The summed E-state index contributed by atoms with van der Waals surface area (Å²) < 4.78 is 0. The molecule has 2 nitrogen and oxygen atoms in total. The Balaban J connectivity index is 2.32. The number of aliphatic hydroxyl groups is 1. The number of thiophene rings is 1. The third-order valence-corrected chi connectivity index (χ3v) is 3.98. The first-order valence-electron chi connectivity index (χ1n) is 6.30. The number of anilines is 1. The molecule has 18 heavy (non-hydrogen) atoms. The summed E-state index contributed by atoms with van der Waals surface area (Å²) in [6, 6.07) is 9.96. The predicted molar refractivity (Wildman–Crippen MR) is 77.8 cm³/mol. The van der Waals surface area contributed by atoms with Gasteiger partial charge in [0.1, 0.15) is 0 Å². The van der Waals surface area contributed by atoms with Crippen molar-refractivity contribution in [2.24, 2.45) is 0 Å². The molecule has 0 saturated heterocycles. The third kappa shape index (κ3) is 2.92. The van der Waals surface area contributed by atoms with E-state index in [9.17, 15) is 5.11 Å². The zero-order chi connectivity index (χ0) is 13.0. The normalized spacial score (nSPS) is 12.6. The number of nitrogens with two attached hydrogens (primary N) is 1. The second-order valence-corrected chi connectivity index (χ2v) is 5.51. The van der Waals surface area contributed by atoms with Crippen molar-refractivity contribution >= 4 is 17.0 Å². The lowest BCUT2D eigenvalue weighted by atomic mass is 9.95. The molecule has 0 aliphatic rings. The summed E-state index contributed by atoms with van der Waals surface area (Å²) in [6.45, 7) is 2.08. The molecule has 1 heterocycles. The van der Waals surface area contributed by atoms with E-state index in [0.29, 0.717) is 0 Å². The van der Waals surface area contributed by atoms with Crippen LogP contribution in [0.15, 0.2) is 35.7 Å². The molecular weight excluding hydrogens is 242 g/mol. The fourth-order valence-corrected chi connectivity index (χ4v) is 2.87. The van der Waals surface area contributed by atoms with Crippen molar-refractivity contribution in [2.75, 3.05) is 5.73 Å². The lowest BCUT2D eigenvalue weighted by molar-refractivity contribution is 0.165. The van der Waals surface area contributed by atoms with E-state index in [1.165, 1.54) is 4.88 Å². The van der Waals surface area contributed by atoms with Crippen LogP contribution in [0.2, 0.25) is 0 Å². The quantitative estimate of drug-likeness (QED) is 0.805. The molecule has 1 atom stereocenters. The first kappa shape index (κ1) is 13.1. The monoisotopic (exact) mass is 261 g/mol. The third-order valence-electron chi connectivity index (χ3n) is 3.10. The summed E-state index contributed by atoms with van der Waals surface area (Å²) in [4.78, 5) is 1.28. The van der Waals surface area contributed by atoms with Gasteiger partial charge < -0.3 is 10.8 Å². The smallest absolute Gasteiger partial charge is 0.0793 e. The Morgan fingerprint density at radius 2 is 2.11 bits per heavy atom. The first-order chi connectivity index (χ1) is 8.72. The number of benzene rings is 1. The molecule has 0 bridgehead atoms. The Morgan fingerprint density at radius 3 is 2.78 bits per heavy atom. The zero-order valence-electron chi connectivity index (χ0n) is 10.6. The van der Waals surface area contributed by atoms with Gasteiger partial charge in [-0.25, -0.2) is 0 Å². The molecule has 0 amide bonds. The molecule has 1 aromatic heterocycles. The molecule has 2 rings (SSSR count). The molecule has 96 valence electrons. The summed E-state index contributed by atoms with van der Waals surface area (Å²) in [5.74, 6) is 0. The van der Waals surface area contributed by atoms with Crippen LogP contribution in [0.25, 0.3) is 0 Å². The van der Waals surface area contributed by atoms with Crippen molar-refractivity contribution in [2.45, 2.75) is 32.3 Å². The van der Waals surface area contributed by atoms with Crippen LogP contribution in [0.5, 0.6) is 0 Å². The molecule has 3 N–H and O–H groups in total. The number of hydrogen-bond donors (Lipinski definition) is 2. The molecule has 2 aromatic rings. The van der Waals surface area contributed by atoms with Gasteiger partial charge in [-0.05, 0) is 35.1 Å². The summed E-state index contributed by atoms with van der Waals surface area (Å²) in [5.41, 5.74) is 8.89. The van der Waals surface area contributed by atoms with E-state index in [1.807, 2.05) is 24.3 Å². The summed E-state index contributed by atoms with van der Waals surface area (Å²) in [7, 11) is 0. The molecule has 0 aliphatic heterocycles. The number of hydrogen-bond acceptors (Lipinski definition) is 3. The molecule has 0 spiro atoms. The summed E-state index contributed by atoms with van der Waals surface area (Å²) >= 11 is 1.72. The Hall–Kier alpha value is -1.32. The van der Waals surface area contributed by atoms with Crippen LogP contribution in [-0.4, -0.2) is 5.11 Å². The van der Waals surface area contributed by atoms with Crippen molar-refractivity contribution in [3.05, 3.63) is 51.7 Å². The van der Waals surface area contributed by atoms with Gasteiger partial charge in [0.15, 0.2) is 0 Å². The Morgan fingerprint density at radius 1 is 1.28 bits per heavy atom. The second-order valence-electron chi connectivity index (χ2n) is 4.48. The maximum absolute atomic E-state index is 10.2. The SMILES string of the molecule is CCCC(O)c1cccc(N)c1Cc1cccs1. The van der Waals surface area contributed by atoms with Gasteiger partial charge in [-0.3, -0.25) is 0 Å². The minimum atomic E-state index is -0.409. The highest BCUT2D eigenvalue weighted by Crippen LogP contribution is 2.29. The Bertz CT molecular complexity index is 493. The van der Waals surface area contributed by atoms with Crippen LogP contribution >= 0.6 is 11.3 Å². The van der Waals surface area contributed by atoms with E-state index < -0.39 is 6.10 Å². The number of rotatable bonds is 5. The maximum Gasteiger partial charge on any atom is 0.0793 e. The topological polar surface area (TPSA) is 46.2 Å². The van der Waals surface area contributed by atoms with Gasteiger partial charge in [-0.1, -0.05) is 31.5 Å². The van der Waals surface area contributed by atoms with Gasteiger partial charge in [-0.2, -0.15) is 0 Å². The Kier molecular flexibility index (Phi) is 4.39. The second kappa shape index (κ2) is 6.03. The van der Waals surface area contributed by atoms with Crippen LogP contribution < -0.4 is 5.73 Å². The lowest BCUT2D eigenvalue weighted by Gasteiger charge is -2.16. The van der Waals surface area contributed by atoms with Crippen molar-refractivity contribution in [3.63, 3.8) is 0 Å². The van der Waals surface area contributed by atoms with E-state index in [-0.39, 0.29) is 0 Å². The standard InChI is InChI=1S/C15H19NOS/c1-2-5-15(17)12-7-3-8-14(16)13(12)10-11-6-4-9-18-11/h3-4,6-9,15,17H,2,5,10,16H2,1H3.